The number of aromatic nitrogens is 1. The summed E-state index contributed by atoms with van der Waals surface area (Å²) in [4.78, 5) is 19.3. The Labute approximate surface area is 125 Å². The summed E-state index contributed by atoms with van der Waals surface area (Å²) in [6.45, 7) is 4.27. The lowest BCUT2D eigenvalue weighted by atomic mass is 9.95. The highest BCUT2D eigenvalue weighted by atomic mass is 32.1. The fraction of sp³-hybridized carbons (Fsp3) is 0.750. The maximum absolute atomic E-state index is 12.0. The van der Waals surface area contributed by atoms with Crippen molar-refractivity contribution in [1.29, 1.82) is 0 Å². The van der Waals surface area contributed by atoms with Crippen LogP contribution in [0.5, 0.6) is 0 Å². The normalized spacial score (nSPS) is 27.6. The van der Waals surface area contributed by atoms with Gasteiger partial charge in [-0.1, -0.05) is 6.92 Å². The fourth-order valence-corrected chi connectivity index (χ4v) is 4.60. The molecule has 0 bridgehead atoms. The first kappa shape index (κ1) is 14.2. The molecule has 0 aromatic carbocycles. The molecule has 0 amide bonds. The lowest BCUT2D eigenvalue weighted by Crippen LogP contribution is -2.37. The topological polar surface area (TPSA) is 33.2 Å². The van der Waals surface area contributed by atoms with Crippen LogP contribution < -0.4 is 0 Å². The monoisotopic (exact) mass is 292 g/mol. The molecule has 2 heterocycles. The number of hydrogen-bond donors (Lipinski definition) is 0. The van der Waals surface area contributed by atoms with Crippen molar-refractivity contribution in [3.05, 3.63) is 16.1 Å². The molecular weight excluding hydrogens is 268 g/mol. The lowest BCUT2D eigenvalue weighted by molar-refractivity contribution is -0.122. The van der Waals surface area contributed by atoms with E-state index in [0.29, 0.717) is 17.7 Å². The van der Waals surface area contributed by atoms with Gasteiger partial charge in [0, 0.05) is 30.3 Å². The van der Waals surface area contributed by atoms with Crippen LogP contribution in [0.3, 0.4) is 0 Å². The number of hydrogen-bond acceptors (Lipinski definition) is 4. The van der Waals surface area contributed by atoms with E-state index in [9.17, 15) is 4.79 Å². The van der Waals surface area contributed by atoms with E-state index in [1.54, 1.807) is 11.3 Å². The molecule has 0 spiro atoms. The molecule has 2 atom stereocenters. The van der Waals surface area contributed by atoms with E-state index >= 15 is 0 Å². The predicted octanol–water partition coefficient (Wildman–Crippen LogP) is 3.43. The molecule has 110 valence electrons. The quantitative estimate of drug-likeness (QED) is 0.833. The van der Waals surface area contributed by atoms with E-state index in [-0.39, 0.29) is 0 Å². The number of carbonyl (C=O) groups is 1. The number of likely N-dealkylation sites (tertiary alicyclic amines) is 1. The summed E-state index contributed by atoms with van der Waals surface area (Å²) in [5.41, 5.74) is 1.20. The van der Waals surface area contributed by atoms with Gasteiger partial charge in [-0.15, -0.1) is 11.3 Å². The van der Waals surface area contributed by atoms with Crippen molar-refractivity contribution in [2.24, 2.45) is 5.92 Å². The number of Topliss-reactive ketones (excluding diaryl/α,β-unsaturated/α-hetero) is 1. The molecule has 1 saturated carbocycles. The highest BCUT2D eigenvalue weighted by molar-refractivity contribution is 7.09. The minimum atomic E-state index is 0.311. The minimum Gasteiger partial charge on any atom is -0.299 e. The lowest BCUT2D eigenvalue weighted by Gasteiger charge is -2.27. The molecule has 1 aromatic rings. The van der Waals surface area contributed by atoms with Crippen molar-refractivity contribution >= 4 is 17.1 Å². The molecule has 3 nitrogen and oxygen atoms in total. The predicted molar refractivity (Wildman–Crippen MR) is 81.9 cm³/mol. The first-order chi connectivity index (χ1) is 9.78. The number of thiazole rings is 1. The van der Waals surface area contributed by atoms with Crippen LogP contribution in [0, 0.1) is 5.92 Å². The summed E-state index contributed by atoms with van der Waals surface area (Å²) < 4.78 is 0. The van der Waals surface area contributed by atoms with Gasteiger partial charge in [0.2, 0.25) is 0 Å². The molecule has 1 aliphatic carbocycles. The standard InChI is InChI=1S/C16H24N2OS/c1-2-5-16-17-12(11-20-16)10-18-9-4-7-14(18)13-6-3-8-15(13)19/h11,13-14H,2-10H2,1H3. The molecule has 4 heteroatoms. The van der Waals surface area contributed by atoms with Gasteiger partial charge in [-0.25, -0.2) is 4.98 Å². The molecule has 1 saturated heterocycles. The third kappa shape index (κ3) is 2.96. The second-order valence-electron chi connectivity index (χ2n) is 6.13. The van der Waals surface area contributed by atoms with Crippen molar-refractivity contribution in [3.63, 3.8) is 0 Å². The molecule has 2 aliphatic rings. The van der Waals surface area contributed by atoms with Gasteiger partial charge in [0.1, 0.15) is 5.78 Å². The maximum atomic E-state index is 12.0. The van der Waals surface area contributed by atoms with Gasteiger partial charge >= 0.3 is 0 Å². The Morgan fingerprint density at radius 3 is 3.05 bits per heavy atom. The molecule has 1 aliphatic heterocycles. The van der Waals surface area contributed by atoms with E-state index in [1.807, 2.05) is 0 Å². The average molecular weight is 292 g/mol. The van der Waals surface area contributed by atoms with Crippen LogP contribution in [0.1, 0.15) is 56.2 Å². The second-order valence-corrected chi connectivity index (χ2v) is 7.07. The summed E-state index contributed by atoms with van der Waals surface area (Å²) in [5, 5.41) is 3.46. The molecule has 3 rings (SSSR count). The van der Waals surface area contributed by atoms with E-state index in [1.165, 1.54) is 23.5 Å². The SMILES string of the molecule is CCCc1nc(CN2CCCC2C2CCCC2=O)cs1. The molecule has 0 N–H and O–H groups in total. The zero-order valence-electron chi connectivity index (χ0n) is 12.3. The number of rotatable bonds is 5. The maximum Gasteiger partial charge on any atom is 0.137 e. The Balaban J connectivity index is 1.64. The molecule has 0 radical (unpaired) electrons. The Bertz CT molecular complexity index is 471. The first-order valence-electron chi connectivity index (χ1n) is 7.98. The Kier molecular flexibility index (Phi) is 4.51. The molecule has 1 aromatic heterocycles. The van der Waals surface area contributed by atoms with Gasteiger partial charge in [-0.2, -0.15) is 0 Å². The molecule has 20 heavy (non-hydrogen) atoms. The van der Waals surface area contributed by atoms with Crippen LogP contribution in [-0.2, 0) is 17.8 Å². The summed E-state index contributed by atoms with van der Waals surface area (Å²) in [7, 11) is 0. The second kappa shape index (κ2) is 6.35. The zero-order valence-corrected chi connectivity index (χ0v) is 13.1. The van der Waals surface area contributed by atoms with Gasteiger partial charge in [-0.3, -0.25) is 9.69 Å². The molecule has 2 fully saturated rings. The van der Waals surface area contributed by atoms with Crippen LogP contribution in [0.15, 0.2) is 5.38 Å². The largest absolute Gasteiger partial charge is 0.299 e. The van der Waals surface area contributed by atoms with Crippen LogP contribution in [0.2, 0.25) is 0 Å². The highest BCUT2D eigenvalue weighted by Gasteiger charge is 2.38. The summed E-state index contributed by atoms with van der Waals surface area (Å²) in [6, 6.07) is 0.487. The smallest absolute Gasteiger partial charge is 0.137 e. The summed E-state index contributed by atoms with van der Waals surface area (Å²) in [6.07, 6.45) is 7.71. The van der Waals surface area contributed by atoms with Crippen LogP contribution in [0.4, 0.5) is 0 Å². The van der Waals surface area contributed by atoms with Crippen molar-refractivity contribution in [2.75, 3.05) is 6.54 Å². The van der Waals surface area contributed by atoms with Gasteiger partial charge in [0.25, 0.3) is 0 Å². The first-order valence-corrected chi connectivity index (χ1v) is 8.86. The van der Waals surface area contributed by atoms with E-state index in [4.69, 9.17) is 4.98 Å². The van der Waals surface area contributed by atoms with Crippen LogP contribution in [0.25, 0.3) is 0 Å². The third-order valence-electron chi connectivity index (χ3n) is 4.66. The zero-order chi connectivity index (χ0) is 13.9. The number of aryl methyl sites for hydroxylation is 1. The van der Waals surface area contributed by atoms with E-state index in [0.717, 1.165) is 45.2 Å². The molecule has 2 unspecified atom stereocenters. The number of carbonyl (C=O) groups excluding carboxylic acids is 1. The van der Waals surface area contributed by atoms with Crippen molar-refractivity contribution in [1.82, 2.24) is 9.88 Å². The Morgan fingerprint density at radius 1 is 1.40 bits per heavy atom. The van der Waals surface area contributed by atoms with Gasteiger partial charge < -0.3 is 0 Å². The van der Waals surface area contributed by atoms with Crippen molar-refractivity contribution in [3.8, 4) is 0 Å². The summed E-state index contributed by atoms with van der Waals surface area (Å²) in [5.74, 6) is 0.818. The highest BCUT2D eigenvalue weighted by Crippen LogP contribution is 2.34. The van der Waals surface area contributed by atoms with E-state index in [2.05, 4.69) is 17.2 Å². The van der Waals surface area contributed by atoms with Gasteiger partial charge in [-0.05, 0) is 45.1 Å². The number of ketones is 1. The minimum absolute atomic E-state index is 0.311. The third-order valence-corrected chi connectivity index (χ3v) is 5.62. The van der Waals surface area contributed by atoms with Crippen LogP contribution in [-0.4, -0.2) is 28.3 Å². The van der Waals surface area contributed by atoms with Gasteiger partial charge in [0.05, 0.1) is 10.7 Å². The Hall–Kier alpha value is -0.740. The van der Waals surface area contributed by atoms with Crippen LogP contribution >= 0.6 is 11.3 Å². The summed E-state index contributed by atoms with van der Waals surface area (Å²) >= 11 is 1.79. The Morgan fingerprint density at radius 2 is 2.30 bits per heavy atom. The van der Waals surface area contributed by atoms with Gasteiger partial charge in [0.15, 0.2) is 0 Å². The van der Waals surface area contributed by atoms with Crippen molar-refractivity contribution < 1.29 is 4.79 Å². The molecular formula is C16H24N2OS. The average Bonchev–Trinajstić information content (AvgIpc) is 3.13. The number of nitrogens with zero attached hydrogens (tertiary/aromatic N) is 2. The van der Waals surface area contributed by atoms with E-state index < -0.39 is 0 Å². The van der Waals surface area contributed by atoms with Crippen molar-refractivity contribution in [2.45, 2.75) is 64.5 Å². The fourth-order valence-electron chi connectivity index (χ4n) is 3.71.